The van der Waals surface area contributed by atoms with Gasteiger partial charge in [0.1, 0.15) is 0 Å². The van der Waals surface area contributed by atoms with Crippen LogP contribution >= 0.6 is 0 Å². The summed E-state index contributed by atoms with van der Waals surface area (Å²) >= 11 is 0. The Labute approximate surface area is 124 Å². The molecule has 0 bridgehead atoms. The third kappa shape index (κ3) is 4.26. The molecule has 0 saturated heterocycles. The quantitative estimate of drug-likeness (QED) is 0.652. The fourth-order valence-electron chi connectivity index (χ4n) is 2.62. The van der Waals surface area contributed by atoms with Gasteiger partial charge >= 0.3 is 0 Å². The molecule has 0 atom stereocenters. The zero-order chi connectivity index (χ0) is 15.0. The topological polar surface area (TPSA) is 12.0 Å². The summed E-state index contributed by atoms with van der Waals surface area (Å²) in [7, 11) is 1.95. The van der Waals surface area contributed by atoms with Gasteiger partial charge in [0.2, 0.25) is 0 Å². The third-order valence-corrected chi connectivity index (χ3v) is 3.87. The minimum absolute atomic E-state index is 0.668. The van der Waals surface area contributed by atoms with Gasteiger partial charge in [-0.3, -0.25) is 0 Å². The van der Waals surface area contributed by atoms with Crippen LogP contribution in [0, 0.1) is 6.92 Å². The number of hydrogen-bond acceptors (Lipinski definition) is 1. The molecule has 110 valence electrons. The Morgan fingerprint density at radius 1 is 1.20 bits per heavy atom. The molecule has 0 aliphatic rings. The molecule has 0 spiro atoms. The first kappa shape index (κ1) is 16.6. The maximum absolute atomic E-state index is 3.15. The molecule has 1 aromatic rings. The molecule has 0 heterocycles. The Bertz CT molecular complexity index is 465. The monoisotopic (exact) mass is 271 g/mol. The van der Waals surface area contributed by atoms with Gasteiger partial charge in [0.25, 0.3) is 0 Å². The fraction of sp³-hybridized carbons (Fsp3) is 0.474. The van der Waals surface area contributed by atoms with Gasteiger partial charge in [-0.1, -0.05) is 51.1 Å². The van der Waals surface area contributed by atoms with Crippen molar-refractivity contribution < 1.29 is 0 Å². The molecule has 0 aliphatic carbocycles. The standard InChI is InChI=1S/C19H29N/c1-6-9-10-18(14-20-5)17-12-11-15(4)19(13-17)16(7-2)8-3/h9-14,16,20H,6-8H2,1-5H3/b10-9?,18-14+. The number of benzene rings is 1. The highest BCUT2D eigenvalue weighted by atomic mass is 14.8. The molecule has 1 N–H and O–H groups in total. The second kappa shape index (κ2) is 8.63. The Morgan fingerprint density at radius 2 is 1.90 bits per heavy atom. The van der Waals surface area contributed by atoms with Crippen molar-refractivity contribution >= 4 is 5.57 Å². The van der Waals surface area contributed by atoms with Crippen molar-refractivity contribution in [3.63, 3.8) is 0 Å². The van der Waals surface area contributed by atoms with Gasteiger partial charge in [0.15, 0.2) is 0 Å². The summed E-state index contributed by atoms with van der Waals surface area (Å²) in [6.45, 7) is 8.95. The van der Waals surface area contributed by atoms with Crippen LogP contribution in [0.3, 0.4) is 0 Å². The smallest absolute Gasteiger partial charge is 0.00411 e. The zero-order valence-electron chi connectivity index (χ0n) is 13.7. The maximum Gasteiger partial charge on any atom is 0.00411 e. The first-order valence-corrected chi connectivity index (χ1v) is 7.82. The average molecular weight is 271 g/mol. The Morgan fingerprint density at radius 3 is 2.45 bits per heavy atom. The van der Waals surface area contributed by atoms with Crippen molar-refractivity contribution in [1.82, 2.24) is 5.32 Å². The van der Waals surface area contributed by atoms with E-state index in [1.165, 1.54) is 35.1 Å². The summed E-state index contributed by atoms with van der Waals surface area (Å²) in [6.07, 6.45) is 9.96. The zero-order valence-corrected chi connectivity index (χ0v) is 13.7. The first-order valence-electron chi connectivity index (χ1n) is 7.82. The first-order chi connectivity index (χ1) is 9.67. The minimum Gasteiger partial charge on any atom is -0.393 e. The summed E-state index contributed by atoms with van der Waals surface area (Å²) in [5.74, 6) is 0.668. The SMILES string of the molecule is CCC=C/C(=C\NC)c1ccc(C)c(C(CC)CC)c1. The minimum atomic E-state index is 0.668. The lowest BCUT2D eigenvalue weighted by Gasteiger charge is -2.17. The van der Waals surface area contributed by atoms with Gasteiger partial charge in [0, 0.05) is 13.2 Å². The van der Waals surface area contributed by atoms with E-state index in [1.54, 1.807) is 0 Å². The number of rotatable bonds is 7. The number of nitrogens with one attached hydrogen (secondary N) is 1. The van der Waals surface area contributed by atoms with Crippen molar-refractivity contribution in [2.45, 2.75) is 52.9 Å². The van der Waals surface area contributed by atoms with Crippen LogP contribution in [0.15, 0.2) is 36.6 Å². The summed E-state index contributed by atoms with van der Waals surface area (Å²) in [5.41, 5.74) is 5.46. The van der Waals surface area contributed by atoms with Crippen LogP contribution < -0.4 is 5.32 Å². The molecule has 1 rings (SSSR count). The Kier molecular flexibility index (Phi) is 7.14. The molecule has 0 saturated carbocycles. The predicted molar refractivity (Wildman–Crippen MR) is 91.0 cm³/mol. The van der Waals surface area contributed by atoms with Crippen LogP contribution in [0.4, 0.5) is 0 Å². The van der Waals surface area contributed by atoms with Crippen molar-refractivity contribution in [3.8, 4) is 0 Å². The highest BCUT2D eigenvalue weighted by molar-refractivity contribution is 5.74. The van der Waals surface area contributed by atoms with Crippen molar-refractivity contribution in [2.24, 2.45) is 0 Å². The van der Waals surface area contributed by atoms with E-state index in [0.717, 1.165) is 6.42 Å². The summed E-state index contributed by atoms with van der Waals surface area (Å²) in [4.78, 5) is 0. The number of aryl methyl sites for hydroxylation is 1. The van der Waals surface area contributed by atoms with Gasteiger partial charge in [-0.15, -0.1) is 0 Å². The maximum atomic E-state index is 3.15. The van der Waals surface area contributed by atoms with Crippen LogP contribution in [0.2, 0.25) is 0 Å². The molecular weight excluding hydrogens is 242 g/mol. The van der Waals surface area contributed by atoms with Crippen molar-refractivity contribution in [2.75, 3.05) is 7.05 Å². The van der Waals surface area contributed by atoms with Gasteiger partial charge < -0.3 is 5.32 Å². The van der Waals surface area contributed by atoms with Crippen LogP contribution in [0.1, 0.15) is 62.6 Å². The molecule has 0 unspecified atom stereocenters. The molecule has 0 amide bonds. The van der Waals surface area contributed by atoms with Crippen molar-refractivity contribution in [3.05, 3.63) is 53.2 Å². The fourth-order valence-corrected chi connectivity index (χ4v) is 2.62. The van der Waals surface area contributed by atoms with Crippen molar-refractivity contribution in [1.29, 1.82) is 0 Å². The lowest BCUT2D eigenvalue weighted by atomic mass is 9.88. The van der Waals surface area contributed by atoms with E-state index in [-0.39, 0.29) is 0 Å². The average Bonchev–Trinajstić information content (AvgIpc) is 2.46. The number of allylic oxidation sites excluding steroid dienone is 3. The normalized spacial score (nSPS) is 12.4. The lowest BCUT2D eigenvalue weighted by molar-refractivity contribution is 0.638. The second-order valence-corrected chi connectivity index (χ2v) is 5.28. The van der Waals surface area contributed by atoms with Gasteiger partial charge in [0.05, 0.1) is 0 Å². The summed E-state index contributed by atoms with van der Waals surface area (Å²) in [6, 6.07) is 6.85. The lowest BCUT2D eigenvalue weighted by Crippen LogP contribution is -2.01. The highest BCUT2D eigenvalue weighted by Crippen LogP contribution is 2.29. The summed E-state index contributed by atoms with van der Waals surface area (Å²) in [5, 5.41) is 3.15. The van der Waals surface area contributed by atoms with Gasteiger partial charge in [-0.05, 0) is 54.4 Å². The van der Waals surface area contributed by atoms with E-state index in [4.69, 9.17) is 0 Å². The predicted octanol–water partition coefficient (Wildman–Crippen LogP) is 5.43. The van der Waals surface area contributed by atoms with Gasteiger partial charge in [-0.25, -0.2) is 0 Å². The molecule has 1 nitrogen and oxygen atoms in total. The molecule has 20 heavy (non-hydrogen) atoms. The molecule has 0 fully saturated rings. The number of hydrogen-bond donors (Lipinski definition) is 1. The van der Waals surface area contributed by atoms with Crippen LogP contribution in [0.25, 0.3) is 5.57 Å². The van der Waals surface area contributed by atoms with E-state index in [0.29, 0.717) is 5.92 Å². The van der Waals surface area contributed by atoms with E-state index in [2.05, 4.69) is 69.6 Å². The second-order valence-electron chi connectivity index (χ2n) is 5.28. The van der Waals surface area contributed by atoms with E-state index >= 15 is 0 Å². The highest BCUT2D eigenvalue weighted by Gasteiger charge is 2.11. The molecular formula is C19H29N. The molecule has 0 radical (unpaired) electrons. The van der Waals surface area contributed by atoms with Crippen LogP contribution in [-0.4, -0.2) is 7.05 Å². The van der Waals surface area contributed by atoms with E-state index in [1.807, 2.05) is 7.05 Å². The largest absolute Gasteiger partial charge is 0.393 e. The Balaban J connectivity index is 3.21. The molecule has 1 aromatic carbocycles. The van der Waals surface area contributed by atoms with Gasteiger partial charge in [-0.2, -0.15) is 0 Å². The third-order valence-electron chi connectivity index (χ3n) is 3.87. The molecule has 1 heteroatoms. The van der Waals surface area contributed by atoms with E-state index in [9.17, 15) is 0 Å². The molecule has 0 aliphatic heterocycles. The van der Waals surface area contributed by atoms with Crippen LogP contribution in [0.5, 0.6) is 0 Å². The van der Waals surface area contributed by atoms with Crippen LogP contribution in [-0.2, 0) is 0 Å². The Hall–Kier alpha value is -1.50. The molecule has 0 aromatic heterocycles. The summed E-state index contributed by atoms with van der Waals surface area (Å²) < 4.78 is 0. The van der Waals surface area contributed by atoms with E-state index < -0.39 is 0 Å².